The Labute approximate surface area is 190 Å². The first kappa shape index (κ1) is 23.9. The Morgan fingerprint density at radius 1 is 1.03 bits per heavy atom. The van der Waals surface area contributed by atoms with Crippen molar-refractivity contribution in [2.24, 2.45) is 5.92 Å². The van der Waals surface area contributed by atoms with Gasteiger partial charge in [0.2, 0.25) is 10.0 Å². The van der Waals surface area contributed by atoms with Crippen molar-refractivity contribution in [3.63, 3.8) is 0 Å². The minimum absolute atomic E-state index is 0.237. The summed E-state index contributed by atoms with van der Waals surface area (Å²) in [4.78, 5) is 27.0. The van der Waals surface area contributed by atoms with E-state index in [0.717, 1.165) is 11.1 Å². The van der Waals surface area contributed by atoms with Gasteiger partial charge < -0.3 is 9.64 Å². The number of amides is 1. The van der Waals surface area contributed by atoms with Crippen molar-refractivity contribution in [1.29, 1.82) is 0 Å². The summed E-state index contributed by atoms with van der Waals surface area (Å²) >= 11 is 0. The zero-order valence-electron chi connectivity index (χ0n) is 18.9. The highest BCUT2D eigenvalue weighted by Crippen LogP contribution is 2.26. The molecule has 1 fully saturated rings. The van der Waals surface area contributed by atoms with Crippen molar-refractivity contribution in [3.8, 4) is 0 Å². The zero-order valence-corrected chi connectivity index (χ0v) is 19.8. The van der Waals surface area contributed by atoms with Crippen molar-refractivity contribution in [2.75, 3.05) is 25.0 Å². The summed E-state index contributed by atoms with van der Waals surface area (Å²) in [6.45, 7) is 5.85. The van der Waals surface area contributed by atoms with E-state index in [1.165, 1.54) is 9.21 Å². The first-order valence-corrected chi connectivity index (χ1v) is 12.2. The van der Waals surface area contributed by atoms with E-state index >= 15 is 0 Å². The number of hydrogen-bond donors (Lipinski definition) is 0. The molecule has 2 aromatic carbocycles. The van der Waals surface area contributed by atoms with Crippen LogP contribution in [0, 0.1) is 19.8 Å². The molecule has 0 radical (unpaired) electrons. The van der Waals surface area contributed by atoms with Gasteiger partial charge in [-0.3, -0.25) is 9.59 Å². The Morgan fingerprint density at radius 2 is 1.66 bits per heavy atom. The van der Waals surface area contributed by atoms with Crippen LogP contribution < -0.4 is 4.90 Å². The second-order valence-electron chi connectivity index (χ2n) is 8.24. The Morgan fingerprint density at radius 3 is 2.25 bits per heavy atom. The lowest BCUT2D eigenvalue weighted by atomic mass is 9.98. The molecule has 1 heterocycles. The van der Waals surface area contributed by atoms with Crippen LogP contribution in [0.1, 0.15) is 30.9 Å². The van der Waals surface area contributed by atoms with Crippen LogP contribution in [0.5, 0.6) is 0 Å². The molecule has 7 nitrogen and oxygen atoms in total. The normalized spacial score (nSPS) is 16.4. The van der Waals surface area contributed by atoms with E-state index in [1.54, 1.807) is 44.3 Å². The van der Waals surface area contributed by atoms with Crippen molar-refractivity contribution >= 4 is 27.6 Å². The molecule has 0 bridgehead atoms. The number of nitrogens with zero attached hydrogens (tertiary/aromatic N) is 2. The van der Waals surface area contributed by atoms with Gasteiger partial charge in [0.15, 0.2) is 6.10 Å². The summed E-state index contributed by atoms with van der Waals surface area (Å²) in [7, 11) is -1.97. The molecule has 0 aliphatic carbocycles. The number of ether oxygens (including phenoxy) is 1. The van der Waals surface area contributed by atoms with Gasteiger partial charge in [0, 0.05) is 25.8 Å². The van der Waals surface area contributed by atoms with Crippen LogP contribution in [0.4, 0.5) is 5.69 Å². The molecule has 2 aromatic rings. The monoisotopic (exact) mass is 458 g/mol. The summed E-state index contributed by atoms with van der Waals surface area (Å²) in [6, 6.07) is 14.2. The number of carbonyl (C=O) groups is 2. The second kappa shape index (κ2) is 9.83. The number of likely N-dealkylation sites (N-methyl/N-ethyl adjacent to an activating group) is 1. The highest BCUT2D eigenvalue weighted by atomic mass is 32.2. The summed E-state index contributed by atoms with van der Waals surface area (Å²) in [5, 5.41) is 0. The van der Waals surface area contributed by atoms with Gasteiger partial charge in [-0.05, 0) is 69.0 Å². The van der Waals surface area contributed by atoms with E-state index in [9.17, 15) is 18.0 Å². The number of aryl methyl sites for hydroxylation is 2. The lowest BCUT2D eigenvalue weighted by molar-refractivity contribution is -0.159. The number of carbonyl (C=O) groups excluding carboxylic acids is 2. The molecule has 0 unspecified atom stereocenters. The number of anilines is 1. The Bertz CT molecular complexity index is 1080. The van der Waals surface area contributed by atoms with E-state index < -0.39 is 28.0 Å². The number of para-hydroxylation sites is 1. The molecule has 1 aliphatic rings. The number of rotatable bonds is 6. The standard InChI is InChI=1S/C24H30N2O5S/c1-17-10-11-22(16-18(17)2)32(29,30)26-14-12-20(13-15-26)24(28)31-19(3)23(27)25(4)21-8-6-5-7-9-21/h5-11,16,19-20H,12-15H2,1-4H3/t19-/m1/s1. The van der Waals surface area contributed by atoms with E-state index in [0.29, 0.717) is 18.5 Å². The highest BCUT2D eigenvalue weighted by Gasteiger charge is 2.34. The third-order valence-corrected chi connectivity index (χ3v) is 7.91. The Hall–Kier alpha value is -2.71. The quantitative estimate of drug-likeness (QED) is 0.620. The van der Waals surface area contributed by atoms with Crippen LogP contribution in [0.2, 0.25) is 0 Å². The van der Waals surface area contributed by atoms with Gasteiger partial charge in [-0.15, -0.1) is 0 Å². The van der Waals surface area contributed by atoms with Crippen LogP contribution in [0.25, 0.3) is 0 Å². The zero-order chi connectivity index (χ0) is 23.5. The average Bonchev–Trinajstić information content (AvgIpc) is 2.80. The largest absolute Gasteiger partial charge is 0.452 e. The maximum atomic E-state index is 13.0. The number of piperidine rings is 1. The summed E-state index contributed by atoms with van der Waals surface area (Å²) in [5.74, 6) is -1.21. The molecule has 3 rings (SSSR count). The number of sulfonamides is 1. The molecule has 1 saturated heterocycles. The molecular weight excluding hydrogens is 428 g/mol. The van der Waals surface area contributed by atoms with Crippen LogP contribution in [-0.2, 0) is 24.3 Å². The number of hydrogen-bond acceptors (Lipinski definition) is 5. The first-order chi connectivity index (χ1) is 15.1. The molecule has 32 heavy (non-hydrogen) atoms. The van der Waals surface area contributed by atoms with Crippen molar-refractivity contribution < 1.29 is 22.7 Å². The molecule has 1 aliphatic heterocycles. The number of esters is 1. The molecule has 8 heteroatoms. The SMILES string of the molecule is Cc1ccc(S(=O)(=O)N2CCC(C(=O)O[C@H](C)C(=O)N(C)c3ccccc3)CC2)cc1C. The molecule has 0 saturated carbocycles. The maximum absolute atomic E-state index is 13.0. The molecule has 0 spiro atoms. The highest BCUT2D eigenvalue weighted by molar-refractivity contribution is 7.89. The van der Waals surface area contributed by atoms with Gasteiger partial charge in [-0.25, -0.2) is 8.42 Å². The minimum atomic E-state index is -3.61. The van der Waals surface area contributed by atoms with E-state index in [-0.39, 0.29) is 23.9 Å². The Kier molecular flexibility index (Phi) is 7.36. The van der Waals surface area contributed by atoms with Crippen molar-refractivity contribution in [1.82, 2.24) is 4.31 Å². The van der Waals surface area contributed by atoms with Gasteiger partial charge >= 0.3 is 5.97 Å². The predicted molar refractivity (Wildman–Crippen MR) is 123 cm³/mol. The topological polar surface area (TPSA) is 84.0 Å². The third-order valence-electron chi connectivity index (χ3n) is 6.02. The lowest BCUT2D eigenvalue weighted by Gasteiger charge is -2.31. The lowest BCUT2D eigenvalue weighted by Crippen LogP contribution is -2.42. The van der Waals surface area contributed by atoms with E-state index in [2.05, 4.69) is 0 Å². The second-order valence-corrected chi connectivity index (χ2v) is 10.2. The summed E-state index contributed by atoms with van der Waals surface area (Å²) in [5.41, 5.74) is 2.67. The first-order valence-electron chi connectivity index (χ1n) is 10.7. The molecule has 172 valence electrons. The molecule has 1 amide bonds. The van der Waals surface area contributed by atoms with Crippen LogP contribution in [0.3, 0.4) is 0 Å². The molecule has 0 N–H and O–H groups in total. The average molecular weight is 459 g/mol. The molecule has 0 aromatic heterocycles. The third kappa shape index (κ3) is 5.19. The fourth-order valence-electron chi connectivity index (χ4n) is 3.73. The summed E-state index contributed by atoms with van der Waals surface area (Å²) < 4.78 is 32.8. The van der Waals surface area contributed by atoms with Crippen molar-refractivity contribution in [3.05, 3.63) is 59.7 Å². The van der Waals surface area contributed by atoms with Gasteiger partial charge in [-0.1, -0.05) is 24.3 Å². The Balaban J connectivity index is 1.57. The van der Waals surface area contributed by atoms with Crippen LogP contribution >= 0.6 is 0 Å². The number of benzene rings is 2. The fourth-order valence-corrected chi connectivity index (χ4v) is 5.28. The fraction of sp³-hybridized carbons (Fsp3) is 0.417. The van der Waals surface area contributed by atoms with Gasteiger partial charge in [0.05, 0.1) is 10.8 Å². The van der Waals surface area contributed by atoms with Crippen LogP contribution in [0.15, 0.2) is 53.4 Å². The summed E-state index contributed by atoms with van der Waals surface area (Å²) in [6.07, 6.45) is -0.207. The van der Waals surface area contributed by atoms with Gasteiger partial charge in [0.1, 0.15) is 0 Å². The van der Waals surface area contributed by atoms with Crippen molar-refractivity contribution in [2.45, 2.75) is 44.6 Å². The molecule has 1 atom stereocenters. The van der Waals surface area contributed by atoms with Crippen LogP contribution in [-0.4, -0.2) is 50.8 Å². The van der Waals surface area contributed by atoms with Gasteiger partial charge in [0.25, 0.3) is 5.91 Å². The molecular formula is C24H30N2O5S. The smallest absolute Gasteiger partial charge is 0.309 e. The predicted octanol–water partition coefficient (Wildman–Crippen LogP) is 3.30. The maximum Gasteiger partial charge on any atom is 0.309 e. The van der Waals surface area contributed by atoms with E-state index in [1.807, 2.05) is 32.0 Å². The van der Waals surface area contributed by atoms with E-state index in [4.69, 9.17) is 4.74 Å². The van der Waals surface area contributed by atoms with Gasteiger partial charge in [-0.2, -0.15) is 4.31 Å². The minimum Gasteiger partial charge on any atom is -0.452 e.